The van der Waals surface area contributed by atoms with Crippen LogP contribution in [-0.4, -0.2) is 28.2 Å². The van der Waals surface area contributed by atoms with E-state index in [1.807, 2.05) is 44.2 Å². The van der Waals surface area contributed by atoms with Crippen molar-refractivity contribution < 1.29 is 14.6 Å². The van der Waals surface area contributed by atoms with E-state index < -0.39 is 12.2 Å². The standard InChI is InChI=1S/C16H22O3S/c1-4-12(3)14(17)15(16(18)20-5-2)19-11-13-9-7-6-8-10-13/h4,6-10,14-15,17H,5,11H2,1-3H3/b12-4+/t14-,15-/m1/s1. The van der Waals surface area contributed by atoms with E-state index in [0.717, 1.165) is 11.1 Å². The molecule has 4 heteroatoms. The first-order valence-electron chi connectivity index (χ1n) is 6.73. The molecule has 1 rings (SSSR count). The van der Waals surface area contributed by atoms with E-state index in [1.165, 1.54) is 11.8 Å². The Bertz CT molecular complexity index is 442. The minimum atomic E-state index is -0.893. The van der Waals surface area contributed by atoms with Gasteiger partial charge in [-0.05, 0) is 30.7 Å². The maximum atomic E-state index is 12.1. The molecule has 0 heterocycles. The van der Waals surface area contributed by atoms with Crippen molar-refractivity contribution in [1.29, 1.82) is 0 Å². The number of hydrogen-bond donors (Lipinski definition) is 1. The first kappa shape index (κ1) is 17.0. The van der Waals surface area contributed by atoms with Crippen molar-refractivity contribution in [3.8, 4) is 0 Å². The number of hydrogen-bond acceptors (Lipinski definition) is 4. The third-order valence-corrected chi connectivity index (χ3v) is 3.81. The number of ether oxygens (including phenoxy) is 1. The zero-order chi connectivity index (χ0) is 15.0. The van der Waals surface area contributed by atoms with E-state index >= 15 is 0 Å². The Hall–Kier alpha value is -1.10. The molecule has 0 aromatic heterocycles. The molecule has 3 nitrogen and oxygen atoms in total. The number of carbonyl (C=O) groups is 1. The van der Waals surface area contributed by atoms with Gasteiger partial charge in [0.05, 0.1) is 6.61 Å². The van der Waals surface area contributed by atoms with Gasteiger partial charge in [0.1, 0.15) is 6.10 Å². The summed E-state index contributed by atoms with van der Waals surface area (Å²) in [4.78, 5) is 12.1. The second-order valence-corrected chi connectivity index (χ2v) is 5.72. The van der Waals surface area contributed by atoms with E-state index in [4.69, 9.17) is 4.74 Å². The van der Waals surface area contributed by atoms with Gasteiger partial charge in [0.15, 0.2) is 6.10 Å². The topological polar surface area (TPSA) is 46.5 Å². The average Bonchev–Trinajstić information content (AvgIpc) is 2.47. The first-order chi connectivity index (χ1) is 9.60. The van der Waals surface area contributed by atoms with Gasteiger partial charge in [0.2, 0.25) is 5.12 Å². The number of carbonyl (C=O) groups excluding carboxylic acids is 1. The van der Waals surface area contributed by atoms with Gasteiger partial charge in [-0.2, -0.15) is 0 Å². The number of aliphatic hydroxyl groups excluding tert-OH is 1. The molecule has 20 heavy (non-hydrogen) atoms. The number of rotatable bonds is 7. The second-order valence-electron chi connectivity index (χ2n) is 4.45. The summed E-state index contributed by atoms with van der Waals surface area (Å²) in [6, 6.07) is 9.64. The van der Waals surface area contributed by atoms with Crippen LogP contribution in [0.1, 0.15) is 26.3 Å². The molecule has 0 radical (unpaired) electrons. The van der Waals surface area contributed by atoms with Gasteiger partial charge < -0.3 is 9.84 Å². The van der Waals surface area contributed by atoms with Crippen LogP contribution in [0.25, 0.3) is 0 Å². The van der Waals surface area contributed by atoms with Gasteiger partial charge in [0.25, 0.3) is 0 Å². The minimum Gasteiger partial charge on any atom is -0.386 e. The number of aliphatic hydroxyl groups is 1. The Morgan fingerprint density at radius 3 is 2.60 bits per heavy atom. The third kappa shape index (κ3) is 5.12. The molecule has 110 valence electrons. The Kier molecular flexibility index (Phi) is 7.59. The lowest BCUT2D eigenvalue weighted by molar-refractivity contribution is -0.128. The number of thioether (sulfide) groups is 1. The molecule has 0 saturated carbocycles. The SMILES string of the molecule is C/C=C(\C)[C@@H](O)[C@@H](OCc1ccccc1)C(=O)SCC. The van der Waals surface area contributed by atoms with Crippen LogP contribution in [0.3, 0.4) is 0 Å². The predicted octanol–water partition coefficient (Wildman–Crippen LogP) is 3.18. The van der Waals surface area contributed by atoms with E-state index in [1.54, 1.807) is 13.0 Å². The molecule has 0 aliphatic rings. The first-order valence-corrected chi connectivity index (χ1v) is 7.71. The number of allylic oxidation sites excluding steroid dienone is 1. The van der Waals surface area contributed by atoms with Gasteiger partial charge >= 0.3 is 0 Å². The molecule has 0 spiro atoms. The smallest absolute Gasteiger partial charge is 0.220 e. The van der Waals surface area contributed by atoms with Crippen LogP contribution in [-0.2, 0) is 16.1 Å². The summed E-state index contributed by atoms with van der Waals surface area (Å²) < 4.78 is 5.67. The summed E-state index contributed by atoms with van der Waals surface area (Å²) in [5, 5.41) is 10.1. The largest absolute Gasteiger partial charge is 0.386 e. The van der Waals surface area contributed by atoms with E-state index in [2.05, 4.69) is 0 Å². The lowest BCUT2D eigenvalue weighted by atomic mass is 10.1. The molecule has 2 atom stereocenters. The third-order valence-electron chi connectivity index (χ3n) is 3.00. The molecule has 0 bridgehead atoms. The van der Waals surface area contributed by atoms with E-state index in [9.17, 15) is 9.90 Å². The molecular formula is C16H22O3S. The van der Waals surface area contributed by atoms with Crippen LogP contribution < -0.4 is 0 Å². The maximum Gasteiger partial charge on any atom is 0.220 e. The molecule has 1 aromatic rings. The van der Waals surface area contributed by atoms with Crippen molar-refractivity contribution in [1.82, 2.24) is 0 Å². The molecule has 1 N–H and O–H groups in total. The lowest BCUT2D eigenvalue weighted by Crippen LogP contribution is -2.36. The van der Waals surface area contributed by atoms with Crippen molar-refractivity contribution in [2.24, 2.45) is 0 Å². The fraction of sp³-hybridized carbons (Fsp3) is 0.438. The molecular weight excluding hydrogens is 272 g/mol. The molecule has 0 saturated heterocycles. The molecule has 0 unspecified atom stereocenters. The highest BCUT2D eigenvalue weighted by Gasteiger charge is 2.28. The Morgan fingerprint density at radius 1 is 1.40 bits per heavy atom. The van der Waals surface area contributed by atoms with Gasteiger partial charge in [-0.3, -0.25) is 4.79 Å². The Morgan fingerprint density at radius 2 is 2.05 bits per heavy atom. The van der Waals surface area contributed by atoms with Crippen LogP contribution >= 0.6 is 11.8 Å². The van der Waals surface area contributed by atoms with Gasteiger partial charge in [-0.25, -0.2) is 0 Å². The van der Waals surface area contributed by atoms with E-state index in [0.29, 0.717) is 12.4 Å². The summed E-state index contributed by atoms with van der Waals surface area (Å²) in [6.07, 6.45) is 0.0829. The summed E-state index contributed by atoms with van der Waals surface area (Å²) >= 11 is 1.18. The number of benzene rings is 1. The Balaban J connectivity index is 2.75. The van der Waals surface area contributed by atoms with E-state index in [-0.39, 0.29) is 5.12 Å². The van der Waals surface area contributed by atoms with Crippen molar-refractivity contribution in [2.75, 3.05) is 5.75 Å². The van der Waals surface area contributed by atoms with Crippen molar-refractivity contribution in [2.45, 2.75) is 39.6 Å². The average molecular weight is 294 g/mol. The molecule has 1 aromatic carbocycles. The monoisotopic (exact) mass is 294 g/mol. The van der Waals surface area contributed by atoms with Crippen molar-refractivity contribution in [3.05, 3.63) is 47.5 Å². The second kappa shape index (κ2) is 8.95. The summed E-state index contributed by atoms with van der Waals surface area (Å²) in [5.41, 5.74) is 1.73. The van der Waals surface area contributed by atoms with Gasteiger partial charge in [0, 0.05) is 0 Å². The molecule has 0 fully saturated rings. The predicted molar refractivity (Wildman–Crippen MR) is 83.6 cm³/mol. The van der Waals surface area contributed by atoms with Gasteiger partial charge in [-0.15, -0.1) is 0 Å². The Labute approximate surface area is 125 Å². The minimum absolute atomic E-state index is 0.128. The quantitative estimate of drug-likeness (QED) is 0.785. The maximum absolute atomic E-state index is 12.1. The van der Waals surface area contributed by atoms with Crippen LogP contribution in [0.15, 0.2) is 42.0 Å². The fourth-order valence-corrected chi connectivity index (χ4v) is 2.33. The van der Waals surface area contributed by atoms with Crippen molar-refractivity contribution >= 4 is 16.9 Å². The van der Waals surface area contributed by atoms with Crippen LogP contribution in [0.4, 0.5) is 0 Å². The molecule has 0 aliphatic carbocycles. The summed E-state index contributed by atoms with van der Waals surface area (Å²) in [5.74, 6) is 0.672. The normalized spacial score (nSPS) is 14.9. The van der Waals surface area contributed by atoms with Crippen LogP contribution in [0, 0.1) is 0 Å². The van der Waals surface area contributed by atoms with Gasteiger partial charge in [-0.1, -0.05) is 55.1 Å². The molecule has 0 amide bonds. The lowest BCUT2D eigenvalue weighted by Gasteiger charge is -2.22. The van der Waals surface area contributed by atoms with Crippen molar-refractivity contribution in [3.63, 3.8) is 0 Å². The fourth-order valence-electron chi connectivity index (χ4n) is 1.68. The highest BCUT2D eigenvalue weighted by Crippen LogP contribution is 2.18. The molecule has 0 aliphatic heterocycles. The summed E-state index contributed by atoms with van der Waals surface area (Å²) in [6.45, 7) is 5.86. The summed E-state index contributed by atoms with van der Waals surface area (Å²) in [7, 11) is 0. The zero-order valence-electron chi connectivity index (χ0n) is 12.2. The van der Waals surface area contributed by atoms with Crippen LogP contribution in [0.5, 0.6) is 0 Å². The van der Waals surface area contributed by atoms with Crippen LogP contribution in [0.2, 0.25) is 0 Å². The highest BCUT2D eigenvalue weighted by molar-refractivity contribution is 8.13. The zero-order valence-corrected chi connectivity index (χ0v) is 13.0. The highest BCUT2D eigenvalue weighted by atomic mass is 32.2.